The summed E-state index contributed by atoms with van der Waals surface area (Å²) in [5, 5.41) is 5.52. The molecule has 0 bridgehead atoms. The quantitative estimate of drug-likeness (QED) is 0.443. The van der Waals surface area contributed by atoms with Crippen molar-refractivity contribution < 1.29 is 9.18 Å². The third-order valence-electron chi connectivity index (χ3n) is 6.42. The van der Waals surface area contributed by atoms with Crippen molar-refractivity contribution in [2.45, 2.75) is 26.2 Å². The topological polar surface area (TPSA) is 67.2 Å². The van der Waals surface area contributed by atoms with Gasteiger partial charge in [-0.2, -0.15) is 5.10 Å². The molecule has 3 heterocycles. The van der Waals surface area contributed by atoms with Crippen molar-refractivity contribution in [2.75, 3.05) is 31.1 Å². The fourth-order valence-electron chi connectivity index (χ4n) is 4.24. The molecule has 2 aromatic heterocycles. The zero-order chi connectivity index (χ0) is 23.7. The van der Waals surface area contributed by atoms with E-state index in [1.165, 1.54) is 12.1 Å². The average Bonchev–Trinajstić information content (AvgIpc) is 3.32. The molecule has 7 nitrogen and oxygen atoms in total. The van der Waals surface area contributed by atoms with E-state index >= 15 is 0 Å². The number of carbonyl (C=O) groups is 1. The zero-order valence-corrected chi connectivity index (χ0v) is 19.4. The van der Waals surface area contributed by atoms with Gasteiger partial charge in [-0.1, -0.05) is 38.1 Å². The highest BCUT2D eigenvalue weighted by atomic mass is 19.1. The van der Waals surface area contributed by atoms with Crippen LogP contribution in [0.4, 0.5) is 10.2 Å². The molecule has 1 fully saturated rings. The number of fused-ring (bicyclic) bond motifs is 1. The molecule has 8 heteroatoms. The van der Waals surface area contributed by atoms with Gasteiger partial charge in [0.2, 0.25) is 0 Å². The number of hydrogen-bond donors (Lipinski definition) is 0. The summed E-state index contributed by atoms with van der Waals surface area (Å²) in [6.07, 6.45) is 2.75. The van der Waals surface area contributed by atoms with Crippen molar-refractivity contribution in [3.63, 3.8) is 0 Å². The van der Waals surface area contributed by atoms with Crippen LogP contribution in [-0.4, -0.2) is 56.7 Å². The van der Waals surface area contributed by atoms with Crippen molar-refractivity contribution >= 4 is 22.8 Å². The predicted molar refractivity (Wildman–Crippen MR) is 130 cm³/mol. The van der Waals surface area contributed by atoms with Gasteiger partial charge in [0.25, 0.3) is 5.91 Å². The standard InChI is InChI=1S/C26H27FN6O/c1-3-18(2)23-29-24(22-17-28-33(25(22)30-23)21-10-5-4-6-11-21)31-12-14-32(15-13-31)26(34)19-8-7-9-20(27)16-19/h4-11,16-18H,3,12-15H2,1-2H3. The number of anilines is 1. The van der Waals surface area contributed by atoms with Crippen LogP contribution in [0.3, 0.4) is 0 Å². The molecule has 4 aromatic rings. The number of piperazine rings is 1. The van der Waals surface area contributed by atoms with Crippen LogP contribution in [-0.2, 0) is 0 Å². The van der Waals surface area contributed by atoms with Gasteiger partial charge in [0, 0.05) is 37.7 Å². The minimum atomic E-state index is -0.402. The maximum absolute atomic E-state index is 13.6. The Morgan fingerprint density at radius 2 is 1.79 bits per heavy atom. The summed E-state index contributed by atoms with van der Waals surface area (Å²) in [5.41, 5.74) is 2.11. The molecule has 1 atom stereocenters. The lowest BCUT2D eigenvalue weighted by atomic mass is 10.1. The van der Waals surface area contributed by atoms with Crippen LogP contribution in [0, 0.1) is 5.82 Å². The lowest BCUT2D eigenvalue weighted by molar-refractivity contribution is 0.0746. The van der Waals surface area contributed by atoms with Gasteiger partial charge in [-0.3, -0.25) is 4.79 Å². The molecular weight excluding hydrogens is 431 g/mol. The van der Waals surface area contributed by atoms with Gasteiger partial charge >= 0.3 is 0 Å². The number of amides is 1. The molecule has 34 heavy (non-hydrogen) atoms. The molecule has 0 aliphatic carbocycles. The molecule has 0 radical (unpaired) electrons. The predicted octanol–water partition coefficient (Wildman–Crippen LogP) is 4.43. The average molecular weight is 459 g/mol. The third-order valence-corrected chi connectivity index (χ3v) is 6.42. The van der Waals surface area contributed by atoms with Gasteiger partial charge in [-0.25, -0.2) is 19.0 Å². The van der Waals surface area contributed by atoms with E-state index in [4.69, 9.17) is 9.97 Å². The highest BCUT2D eigenvalue weighted by molar-refractivity contribution is 5.94. The van der Waals surface area contributed by atoms with E-state index in [-0.39, 0.29) is 11.8 Å². The van der Waals surface area contributed by atoms with E-state index in [9.17, 15) is 9.18 Å². The number of para-hydroxylation sites is 1. The number of benzene rings is 2. The van der Waals surface area contributed by atoms with Gasteiger partial charge in [0.15, 0.2) is 5.65 Å². The largest absolute Gasteiger partial charge is 0.352 e. The Morgan fingerprint density at radius 1 is 1.03 bits per heavy atom. The van der Waals surface area contributed by atoms with E-state index in [1.807, 2.05) is 41.2 Å². The Labute approximate surface area is 197 Å². The Morgan fingerprint density at radius 3 is 2.50 bits per heavy atom. The van der Waals surface area contributed by atoms with Gasteiger partial charge in [-0.15, -0.1) is 0 Å². The van der Waals surface area contributed by atoms with Crippen LogP contribution in [0.2, 0.25) is 0 Å². The van der Waals surface area contributed by atoms with E-state index in [1.54, 1.807) is 17.0 Å². The van der Waals surface area contributed by atoms with Gasteiger partial charge in [0.05, 0.1) is 17.3 Å². The van der Waals surface area contributed by atoms with Crippen molar-refractivity contribution in [3.05, 3.63) is 78.0 Å². The molecule has 1 amide bonds. The van der Waals surface area contributed by atoms with Gasteiger partial charge < -0.3 is 9.80 Å². The van der Waals surface area contributed by atoms with Crippen LogP contribution in [0.15, 0.2) is 60.8 Å². The van der Waals surface area contributed by atoms with Gasteiger partial charge in [-0.05, 0) is 36.8 Å². The minimum absolute atomic E-state index is 0.149. The van der Waals surface area contributed by atoms with Crippen LogP contribution < -0.4 is 4.90 Å². The van der Waals surface area contributed by atoms with E-state index in [0.717, 1.165) is 34.8 Å². The number of carbonyl (C=O) groups excluding carboxylic acids is 1. The summed E-state index contributed by atoms with van der Waals surface area (Å²) in [4.78, 5) is 26.7. The van der Waals surface area contributed by atoms with Crippen LogP contribution in [0.1, 0.15) is 42.4 Å². The summed E-state index contributed by atoms with van der Waals surface area (Å²) in [6, 6.07) is 15.8. The minimum Gasteiger partial charge on any atom is -0.352 e. The SMILES string of the molecule is CCC(C)c1nc(N2CCN(C(=O)c3cccc(F)c3)CC2)c2cnn(-c3ccccc3)c2n1. The van der Waals surface area contributed by atoms with Gasteiger partial charge in [0.1, 0.15) is 17.5 Å². The molecule has 1 saturated heterocycles. The molecular formula is C26H27FN6O. The summed E-state index contributed by atoms with van der Waals surface area (Å²) >= 11 is 0. The number of hydrogen-bond acceptors (Lipinski definition) is 5. The Bertz CT molecular complexity index is 1310. The maximum Gasteiger partial charge on any atom is 0.254 e. The second-order valence-corrected chi connectivity index (χ2v) is 8.63. The molecule has 0 saturated carbocycles. The molecule has 0 N–H and O–H groups in total. The molecule has 1 aliphatic rings. The monoisotopic (exact) mass is 458 g/mol. The second-order valence-electron chi connectivity index (χ2n) is 8.63. The van der Waals surface area contributed by atoms with Crippen molar-refractivity contribution in [3.8, 4) is 5.69 Å². The van der Waals surface area contributed by atoms with Crippen molar-refractivity contribution in [1.82, 2.24) is 24.6 Å². The van der Waals surface area contributed by atoms with E-state index in [2.05, 4.69) is 23.8 Å². The highest BCUT2D eigenvalue weighted by Gasteiger charge is 2.26. The number of halogens is 1. The first-order valence-corrected chi connectivity index (χ1v) is 11.7. The zero-order valence-electron chi connectivity index (χ0n) is 19.4. The summed E-state index contributed by atoms with van der Waals surface area (Å²) in [7, 11) is 0. The van der Waals surface area contributed by atoms with E-state index < -0.39 is 5.82 Å². The normalized spacial score (nSPS) is 15.0. The first-order chi connectivity index (χ1) is 16.5. The third kappa shape index (κ3) is 4.11. The van der Waals surface area contributed by atoms with Crippen molar-refractivity contribution in [2.24, 2.45) is 0 Å². The van der Waals surface area contributed by atoms with Crippen LogP contribution >= 0.6 is 0 Å². The second kappa shape index (κ2) is 9.21. The molecule has 1 unspecified atom stereocenters. The Balaban J connectivity index is 1.45. The Kier molecular flexibility index (Phi) is 5.96. The number of nitrogens with zero attached hydrogens (tertiary/aromatic N) is 6. The van der Waals surface area contributed by atoms with Crippen LogP contribution in [0.25, 0.3) is 16.7 Å². The van der Waals surface area contributed by atoms with E-state index in [0.29, 0.717) is 31.7 Å². The lowest BCUT2D eigenvalue weighted by Crippen LogP contribution is -2.49. The fraction of sp³-hybridized carbons (Fsp3) is 0.308. The first kappa shape index (κ1) is 22.0. The smallest absolute Gasteiger partial charge is 0.254 e. The molecule has 0 spiro atoms. The van der Waals surface area contributed by atoms with Crippen LogP contribution in [0.5, 0.6) is 0 Å². The first-order valence-electron chi connectivity index (χ1n) is 11.7. The number of rotatable bonds is 5. The molecule has 5 rings (SSSR count). The highest BCUT2D eigenvalue weighted by Crippen LogP contribution is 2.29. The maximum atomic E-state index is 13.6. The molecule has 2 aromatic carbocycles. The molecule has 174 valence electrons. The summed E-state index contributed by atoms with van der Waals surface area (Å²) in [6.45, 7) is 6.58. The summed E-state index contributed by atoms with van der Waals surface area (Å²) in [5.74, 6) is 1.30. The van der Waals surface area contributed by atoms with Crippen molar-refractivity contribution in [1.29, 1.82) is 0 Å². The fourth-order valence-corrected chi connectivity index (χ4v) is 4.24. The molecule has 1 aliphatic heterocycles. The lowest BCUT2D eigenvalue weighted by Gasteiger charge is -2.36. The number of aromatic nitrogens is 4. The summed E-state index contributed by atoms with van der Waals surface area (Å²) < 4.78 is 15.4. The Hall–Kier alpha value is -3.81.